The van der Waals surface area contributed by atoms with Gasteiger partial charge in [-0.15, -0.1) is 0 Å². The first-order valence-corrected chi connectivity index (χ1v) is 7.74. The summed E-state index contributed by atoms with van der Waals surface area (Å²) in [6.45, 7) is 1.38. The maximum atomic E-state index is 12.0. The molecule has 6 heteroatoms. The zero-order valence-electron chi connectivity index (χ0n) is 11.6. The fourth-order valence-corrected chi connectivity index (χ4v) is 2.59. The minimum absolute atomic E-state index is 0.0240. The highest BCUT2D eigenvalue weighted by Crippen LogP contribution is 2.19. The number of piperidine rings is 1. The number of amides is 1. The average Bonchev–Trinajstić information content (AvgIpc) is 2.49. The van der Waals surface area contributed by atoms with Gasteiger partial charge in [-0.25, -0.2) is 0 Å². The minimum atomic E-state index is -0.763. The van der Waals surface area contributed by atoms with Crippen LogP contribution in [-0.4, -0.2) is 41.6 Å². The van der Waals surface area contributed by atoms with Gasteiger partial charge in [0.25, 0.3) is 0 Å². The average molecular weight is 356 g/mol. The van der Waals surface area contributed by atoms with Crippen molar-refractivity contribution in [2.45, 2.75) is 19.3 Å². The third-order valence-electron chi connectivity index (χ3n) is 3.60. The quantitative estimate of drug-likeness (QED) is 0.881. The molecule has 0 saturated carbocycles. The van der Waals surface area contributed by atoms with Gasteiger partial charge < -0.3 is 14.7 Å². The van der Waals surface area contributed by atoms with E-state index in [1.54, 1.807) is 4.90 Å². The van der Waals surface area contributed by atoms with Gasteiger partial charge in [0.1, 0.15) is 5.75 Å². The molecule has 1 fully saturated rings. The molecule has 0 bridgehead atoms. The molecule has 114 valence electrons. The van der Waals surface area contributed by atoms with E-state index in [0.717, 1.165) is 10.2 Å². The van der Waals surface area contributed by atoms with Crippen molar-refractivity contribution in [3.63, 3.8) is 0 Å². The van der Waals surface area contributed by atoms with Gasteiger partial charge in [0, 0.05) is 17.6 Å². The number of benzene rings is 1. The van der Waals surface area contributed by atoms with Crippen molar-refractivity contribution >= 4 is 27.8 Å². The van der Waals surface area contributed by atoms with Crippen molar-refractivity contribution < 1.29 is 19.4 Å². The number of rotatable bonds is 5. The fraction of sp³-hybridized carbons (Fsp3) is 0.467. The van der Waals surface area contributed by atoms with E-state index in [1.165, 1.54) is 0 Å². The molecule has 0 atom stereocenters. The molecule has 0 aliphatic carbocycles. The number of likely N-dealkylation sites (tertiary alicyclic amines) is 1. The van der Waals surface area contributed by atoms with Crippen molar-refractivity contribution in [3.05, 3.63) is 28.7 Å². The standard InChI is InChI=1S/C15H18BrNO4/c16-12-1-3-13(4-2-12)21-10-7-14(18)17-8-5-11(6-9-17)15(19)20/h1-4,11H,5-10H2,(H,19,20). The number of carboxylic acid groups (broad SMARTS) is 1. The maximum absolute atomic E-state index is 12.0. The van der Waals surface area contributed by atoms with Crippen LogP contribution in [-0.2, 0) is 9.59 Å². The summed E-state index contributed by atoms with van der Waals surface area (Å²) in [5.74, 6) is -0.319. The van der Waals surface area contributed by atoms with E-state index in [9.17, 15) is 9.59 Å². The number of aliphatic carboxylic acids is 1. The molecule has 0 aromatic heterocycles. The number of hydrogen-bond acceptors (Lipinski definition) is 3. The highest BCUT2D eigenvalue weighted by atomic mass is 79.9. The lowest BCUT2D eigenvalue weighted by molar-refractivity contribution is -0.145. The zero-order chi connectivity index (χ0) is 15.2. The minimum Gasteiger partial charge on any atom is -0.493 e. The van der Waals surface area contributed by atoms with Crippen molar-refractivity contribution in [1.29, 1.82) is 0 Å². The Bertz CT molecular complexity index is 495. The number of nitrogens with zero attached hydrogens (tertiary/aromatic N) is 1. The van der Waals surface area contributed by atoms with Crippen LogP contribution in [0.5, 0.6) is 5.75 Å². The van der Waals surface area contributed by atoms with Gasteiger partial charge >= 0.3 is 5.97 Å². The second-order valence-corrected chi connectivity index (χ2v) is 5.96. The third kappa shape index (κ3) is 4.74. The second-order valence-electron chi connectivity index (χ2n) is 5.05. The number of carboxylic acids is 1. The molecule has 1 saturated heterocycles. The Hall–Kier alpha value is -1.56. The Morgan fingerprint density at radius 3 is 2.43 bits per heavy atom. The molecule has 1 amide bonds. The van der Waals surface area contributed by atoms with Crippen LogP contribution >= 0.6 is 15.9 Å². The molecule has 1 aliphatic rings. The molecule has 1 N–H and O–H groups in total. The molecule has 1 aliphatic heterocycles. The van der Waals surface area contributed by atoms with Crippen LogP contribution in [0, 0.1) is 5.92 Å². The van der Waals surface area contributed by atoms with Crippen LogP contribution in [0.25, 0.3) is 0 Å². The fourth-order valence-electron chi connectivity index (χ4n) is 2.32. The molecular formula is C15H18BrNO4. The van der Waals surface area contributed by atoms with Gasteiger partial charge in [-0.3, -0.25) is 9.59 Å². The van der Waals surface area contributed by atoms with Crippen LogP contribution in [0.3, 0.4) is 0 Å². The third-order valence-corrected chi connectivity index (χ3v) is 4.12. The summed E-state index contributed by atoms with van der Waals surface area (Å²) in [5, 5.41) is 8.92. The van der Waals surface area contributed by atoms with Crippen molar-refractivity contribution in [1.82, 2.24) is 4.90 Å². The predicted octanol–water partition coefficient (Wildman–Crippen LogP) is 2.54. The van der Waals surface area contributed by atoms with Gasteiger partial charge in [0.05, 0.1) is 18.9 Å². The summed E-state index contributed by atoms with van der Waals surface area (Å²) in [4.78, 5) is 24.6. The first-order chi connectivity index (χ1) is 10.1. The Balaban J connectivity index is 1.70. The van der Waals surface area contributed by atoms with Crippen LogP contribution in [0.1, 0.15) is 19.3 Å². The van der Waals surface area contributed by atoms with Crippen LogP contribution < -0.4 is 4.74 Å². The van der Waals surface area contributed by atoms with E-state index in [-0.39, 0.29) is 11.8 Å². The van der Waals surface area contributed by atoms with E-state index in [0.29, 0.717) is 39.0 Å². The Morgan fingerprint density at radius 1 is 1.24 bits per heavy atom. The van der Waals surface area contributed by atoms with E-state index < -0.39 is 5.97 Å². The summed E-state index contributed by atoms with van der Waals surface area (Å²) in [5.41, 5.74) is 0. The van der Waals surface area contributed by atoms with Crippen LogP contribution in [0.4, 0.5) is 0 Å². The van der Waals surface area contributed by atoms with Gasteiger partial charge in [-0.2, -0.15) is 0 Å². The molecule has 5 nitrogen and oxygen atoms in total. The topological polar surface area (TPSA) is 66.8 Å². The monoisotopic (exact) mass is 355 g/mol. The largest absolute Gasteiger partial charge is 0.493 e. The Kier molecular flexibility index (Phi) is 5.61. The van der Waals surface area contributed by atoms with Gasteiger partial charge in [-0.05, 0) is 37.1 Å². The second kappa shape index (κ2) is 7.45. The summed E-state index contributed by atoms with van der Waals surface area (Å²) < 4.78 is 6.50. The molecule has 0 spiro atoms. The van der Waals surface area contributed by atoms with E-state index in [1.807, 2.05) is 24.3 Å². The smallest absolute Gasteiger partial charge is 0.306 e. The van der Waals surface area contributed by atoms with Gasteiger partial charge in [0.15, 0.2) is 0 Å². The van der Waals surface area contributed by atoms with Crippen molar-refractivity contribution in [2.24, 2.45) is 5.92 Å². The number of carbonyl (C=O) groups is 2. The SMILES string of the molecule is O=C(O)C1CCN(C(=O)CCOc2ccc(Br)cc2)CC1. The molecule has 0 radical (unpaired) electrons. The molecular weight excluding hydrogens is 338 g/mol. The molecule has 0 unspecified atom stereocenters. The first kappa shape index (κ1) is 15.8. The van der Waals surface area contributed by atoms with Crippen molar-refractivity contribution in [2.75, 3.05) is 19.7 Å². The van der Waals surface area contributed by atoms with Crippen LogP contribution in [0.15, 0.2) is 28.7 Å². The normalized spacial score (nSPS) is 15.8. The Morgan fingerprint density at radius 2 is 1.86 bits per heavy atom. The molecule has 1 aromatic rings. The lowest BCUT2D eigenvalue weighted by atomic mass is 9.97. The molecule has 1 aromatic carbocycles. The lowest BCUT2D eigenvalue weighted by Gasteiger charge is -2.30. The van der Waals surface area contributed by atoms with E-state index in [2.05, 4.69) is 15.9 Å². The zero-order valence-corrected chi connectivity index (χ0v) is 13.2. The molecule has 21 heavy (non-hydrogen) atoms. The maximum Gasteiger partial charge on any atom is 0.306 e. The highest BCUT2D eigenvalue weighted by Gasteiger charge is 2.26. The molecule has 2 rings (SSSR count). The number of hydrogen-bond donors (Lipinski definition) is 1. The predicted molar refractivity (Wildman–Crippen MR) is 81.2 cm³/mol. The lowest BCUT2D eigenvalue weighted by Crippen LogP contribution is -2.40. The summed E-state index contributed by atoms with van der Waals surface area (Å²) in [6, 6.07) is 7.45. The van der Waals surface area contributed by atoms with E-state index in [4.69, 9.17) is 9.84 Å². The number of ether oxygens (including phenoxy) is 1. The van der Waals surface area contributed by atoms with Gasteiger partial charge in [0.2, 0.25) is 5.91 Å². The number of carbonyl (C=O) groups excluding carboxylic acids is 1. The van der Waals surface area contributed by atoms with Crippen molar-refractivity contribution in [3.8, 4) is 5.75 Å². The molecule has 1 heterocycles. The Labute approximate surface area is 132 Å². The summed E-state index contributed by atoms with van der Waals surface area (Å²) >= 11 is 3.35. The van der Waals surface area contributed by atoms with Gasteiger partial charge in [-0.1, -0.05) is 15.9 Å². The summed E-state index contributed by atoms with van der Waals surface area (Å²) in [6.07, 6.45) is 1.39. The first-order valence-electron chi connectivity index (χ1n) is 6.95. The van der Waals surface area contributed by atoms with Crippen LogP contribution in [0.2, 0.25) is 0 Å². The number of halogens is 1. The summed E-state index contributed by atoms with van der Waals surface area (Å²) in [7, 11) is 0. The highest BCUT2D eigenvalue weighted by molar-refractivity contribution is 9.10. The van der Waals surface area contributed by atoms with E-state index >= 15 is 0 Å².